The summed E-state index contributed by atoms with van der Waals surface area (Å²) in [6.07, 6.45) is 2.10. The molecular weight excluding hydrogens is 272 g/mol. The van der Waals surface area contributed by atoms with Gasteiger partial charge in [-0.3, -0.25) is 0 Å². The van der Waals surface area contributed by atoms with Crippen molar-refractivity contribution in [1.29, 1.82) is 0 Å². The number of carboxylic acid groups (broad SMARTS) is 1. The van der Waals surface area contributed by atoms with Crippen LogP contribution in [0.5, 0.6) is 5.75 Å². The lowest BCUT2D eigenvalue weighted by Gasteiger charge is -2.13. The lowest BCUT2D eigenvalue weighted by atomic mass is 10.3. The van der Waals surface area contributed by atoms with Crippen LogP contribution in [-0.4, -0.2) is 46.3 Å². The highest BCUT2D eigenvalue weighted by molar-refractivity contribution is 5.91. The van der Waals surface area contributed by atoms with Crippen LogP contribution in [0.2, 0.25) is 0 Å². The summed E-state index contributed by atoms with van der Waals surface area (Å²) in [4.78, 5) is 14.7. The second kappa shape index (κ2) is 5.43. The van der Waals surface area contributed by atoms with Gasteiger partial charge >= 0.3 is 5.97 Å². The molecule has 1 aromatic heterocycles. The van der Waals surface area contributed by atoms with Gasteiger partial charge in [0.15, 0.2) is 5.82 Å². The second-order valence-electron chi connectivity index (χ2n) is 4.86. The zero-order valence-electron chi connectivity index (χ0n) is 11.7. The normalized spacial score (nSPS) is 14.4. The molecule has 2 heterocycles. The van der Waals surface area contributed by atoms with Crippen molar-refractivity contribution in [3.63, 3.8) is 0 Å². The molecule has 1 fully saturated rings. The number of rotatable bonds is 4. The van der Waals surface area contributed by atoms with Crippen LogP contribution in [0.3, 0.4) is 0 Å². The fourth-order valence-electron chi connectivity index (χ4n) is 2.41. The predicted octanol–water partition coefficient (Wildman–Crippen LogP) is 1.57. The summed E-state index contributed by atoms with van der Waals surface area (Å²) in [7, 11) is 1.59. The molecule has 110 valence electrons. The van der Waals surface area contributed by atoms with E-state index in [1.165, 1.54) is 4.80 Å². The summed E-state index contributed by atoms with van der Waals surface area (Å²) in [5, 5.41) is 17.8. The highest BCUT2D eigenvalue weighted by atomic mass is 16.5. The van der Waals surface area contributed by atoms with Gasteiger partial charge in [-0.2, -0.15) is 0 Å². The molecule has 0 amide bonds. The highest BCUT2D eigenvalue weighted by Gasteiger charge is 2.25. The number of carboxylic acids is 1. The molecule has 0 saturated carbocycles. The maximum Gasteiger partial charge on any atom is 0.360 e. The molecule has 3 rings (SSSR count). The second-order valence-corrected chi connectivity index (χ2v) is 4.86. The third-order valence-electron chi connectivity index (χ3n) is 3.51. The van der Waals surface area contributed by atoms with Crippen molar-refractivity contribution in [2.45, 2.75) is 12.8 Å². The molecule has 1 aliphatic heterocycles. The van der Waals surface area contributed by atoms with Crippen molar-refractivity contribution in [2.75, 3.05) is 25.1 Å². The molecule has 1 aliphatic rings. The molecule has 21 heavy (non-hydrogen) atoms. The Bertz CT molecular complexity index is 645. The third kappa shape index (κ3) is 2.54. The number of carbonyl (C=O) groups is 1. The molecule has 2 aromatic rings. The number of nitrogens with zero attached hydrogens (tertiary/aromatic N) is 4. The Balaban J connectivity index is 1.98. The molecule has 0 atom stereocenters. The van der Waals surface area contributed by atoms with E-state index < -0.39 is 5.97 Å². The fraction of sp³-hybridized carbons (Fsp3) is 0.357. The van der Waals surface area contributed by atoms with Gasteiger partial charge in [0.05, 0.1) is 12.8 Å². The maximum atomic E-state index is 11.4. The smallest absolute Gasteiger partial charge is 0.360 e. The van der Waals surface area contributed by atoms with Gasteiger partial charge in [-0.1, -0.05) is 0 Å². The van der Waals surface area contributed by atoms with Crippen molar-refractivity contribution in [3.05, 3.63) is 30.0 Å². The molecular formula is C14H16N4O3. The van der Waals surface area contributed by atoms with Crippen LogP contribution in [0, 0.1) is 0 Å². The maximum absolute atomic E-state index is 11.4. The monoisotopic (exact) mass is 288 g/mol. The largest absolute Gasteiger partial charge is 0.497 e. The van der Waals surface area contributed by atoms with Gasteiger partial charge in [-0.25, -0.2) is 4.79 Å². The van der Waals surface area contributed by atoms with E-state index in [1.54, 1.807) is 31.4 Å². The molecule has 0 spiro atoms. The number of anilines is 1. The van der Waals surface area contributed by atoms with Gasteiger partial charge in [0.1, 0.15) is 5.75 Å². The average Bonchev–Trinajstić information content (AvgIpc) is 3.16. The standard InChI is InChI=1S/C14H16N4O3/c1-21-11-6-4-10(5-7-11)18-15-12(14(19)20)13(16-18)17-8-2-3-9-17/h4-7H,2-3,8-9H2,1H3,(H,19,20). The van der Waals surface area contributed by atoms with Crippen molar-refractivity contribution in [3.8, 4) is 11.4 Å². The summed E-state index contributed by atoms with van der Waals surface area (Å²) in [6, 6.07) is 7.15. The SMILES string of the molecule is COc1ccc(-n2nc(C(=O)O)c(N3CCCC3)n2)cc1. The summed E-state index contributed by atoms with van der Waals surface area (Å²) < 4.78 is 5.10. The first-order valence-electron chi connectivity index (χ1n) is 6.79. The van der Waals surface area contributed by atoms with E-state index in [2.05, 4.69) is 10.2 Å². The van der Waals surface area contributed by atoms with Gasteiger partial charge in [-0.15, -0.1) is 15.0 Å². The van der Waals surface area contributed by atoms with Crippen LogP contribution in [0.25, 0.3) is 5.69 Å². The van der Waals surface area contributed by atoms with Gasteiger partial charge in [0.2, 0.25) is 5.69 Å². The van der Waals surface area contributed by atoms with Crippen LogP contribution in [0.15, 0.2) is 24.3 Å². The number of methoxy groups -OCH3 is 1. The van der Waals surface area contributed by atoms with E-state index in [1.807, 2.05) is 4.90 Å². The van der Waals surface area contributed by atoms with E-state index in [4.69, 9.17) is 4.74 Å². The Hall–Kier alpha value is -2.57. The summed E-state index contributed by atoms with van der Waals surface area (Å²) in [5.41, 5.74) is 0.691. The predicted molar refractivity (Wildman–Crippen MR) is 76.3 cm³/mol. The third-order valence-corrected chi connectivity index (χ3v) is 3.51. The molecule has 1 N–H and O–H groups in total. The van der Waals surface area contributed by atoms with Crippen LogP contribution in [0.1, 0.15) is 23.3 Å². The number of aromatic nitrogens is 3. The summed E-state index contributed by atoms with van der Waals surface area (Å²) in [6.45, 7) is 1.64. The minimum atomic E-state index is -1.06. The summed E-state index contributed by atoms with van der Waals surface area (Å²) >= 11 is 0. The fourth-order valence-corrected chi connectivity index (χ4v) is 2.41. The molecule has 0 unspecified atom stereocenters. The Labute approximate surface area is 121 Å². The van der Waals surface area contributed by atoms with E-state index in [-0.39, 0.29) is 5.69 Å². The van der Waals surface area contributed by atoms with Gasteiger partial charge in [0.25, 0.3) is 0 Å². The van der Waals surface area contributed by atoms with Crippen molar-refractivity contribution < 1.29 is 14.6 Å². The van der Waals surface area contributed by atoms with Gasteiger partial charge in [0, 0.05) is 13.1 Å². The van der Waals surface area contributed by atoms with E-state index in [0.29, 0.717) is 11.5 Å². The number of aromatic carboxylic acids is 1. The number of hydrogen-bond donors (Lipinski definition) is 1. The molecule has 0 bridgehead atoms. The first kappa shape index (κ1) is 13.4. The van der Waals surface area contributed by atoms with E-state index >= 15 is 0 Å². The van der Waals surface area contributed by atoms with Crippen molar-refractivity contribution in [2.24, 2.45) is 0 Å². The minimum Gasteiger partial charge on any atom is -0.497 e. The van der Waals surface area contributed by atoms with Crippen LogP contribution in [-0.2, 0) is 0 Å². The van der Waals surface area contributed by atoms with Crippen molar-refractivity contribution >= 4 is 11.8 Å². The van der Waals surface area contributed by atoms with E-state index in [9.17, 15) is 9.90 Å². The van der Waals surface area contributed by atoms with E-state index in [0.717, 1.165) is 31.7 Å². The first-order valence-corrected chi connectivity index (χ1v) is 6.79. The minimum absolute atomic E-state index is 0.00674. The molecule has 7 heteroatoms. The Morgan fingerprint density at radius 2 is 1.86 bits per heavy atom. The van der Waals surface area contributed by atoms with Crippen LogP contribution < -0.4 is 9.64 Å². The molecule has 0 aliphatic carbocycles. The Morgan fingerprint density at radius 1 is 1.19 bits per heavy atom. The quantitative estimate of drug-likeness (QED) is 0.920. The topological polar surface area (TPSA) is 80.5 Å². The first-order chi connectivity index (χ1) is 10.2. The molecule has 1 aromatic carbocycles. The van der Waals surface area contributed by atoms with Crippen LogP contribution in [0.4, 0.5) is 5.82 Å². The summed E-state index contributed by atoms with van der Waals surface area (Å²) in [5.74, 6) is 0.108. The lowest BCUT2D eigenvalue weighted by Crippen LogP contribution is -2.20. The zero-order chi connectivity index (χ0) is 14.8. The average molecular weight is 288 g/mol. The highest BCUT2D eigenvalue weighted by Crippen LogP contribution is 2.23. The molecule has 0 radical (unpaired) electrons. The lowest BCUT2D eigenvalue weighted by molar-refractivity contribution is 0.0690. The number of benzene rings is 1. The Morgan fingerprint density at radius 3 is 2.43 bits per heavy atom. The number of ether oxygens (including phenoxy) is 1. The Kier molecular flexibility index (Phi) is 3.47. The molecule has 1 saturated heterocycles. The zero-order valence-corrected chi connectivity index (χ0v) is 11.7. The van der Waals surface area contributed by atoms with Crippen LogP contribution >= 0.6 is 0 Å². The van der Waals surface area contributed by atoms with Gasteiger partial charge < -0.3 is 14.7 Å². The number of hydrogen-bond acceptors (Lipinski definition) is 5. The van der Waals surface area contributed by atoms with Crippen molar-refractivity contribution in [1.82, 2.24) is 15.0 Å². The van der Waals surface area contributed by atoms with Gasteiger partial charge in [-0.05, 0) is 37.1 Å². The molecule has 7 nitrogen and oxygen atoms in total.